The highest BCUT2D eigenvalue weighted by molar-refractivity contribution is 5.73. The topological polar surface area (TPSA) is 88.6 Å². The highest BCUT2D eigenvalue weighted by Gasteiger charge is 2.20. The lowest BCUT2D eigenvalue weighted by atomic mass is 10.1. The predicted octanol–water partition coefficient (Wildman–Crippen LogP) is 0.195. The number of fused-ring (bicyclic) bond motifs is 1. The van der Waals surface area contributed by atoms with E-state index in [0.717, 1.165) is 0 Å². The van der Waals surface area contributed by atoms with Crippen molar-refractivity contribution in [2.45, 2.75) is 26.4 Å². The average Bonchev–Trinajstić information content (AvgIpc) is 2.71. The van der Waals surface area contributed by atoms with Crippen molar-refractivity contribution in [3.8, 4) is 0 Å². The van der Waals surface area contributed by atoms with Gasteiger partial charge in [0.15, 0.2) is 5.65 Å². The summed E-state index contributed by atoms with van der Waals surface area (Å²) in [5, 5.41) is 16.2. The number of hydrogen-bond acceptors (Lipinski definition) is 4. The van der Waals surface area contributed by atoms with Gasteiger partial charge in [0.1, 0.15) is 6.04 Å². The summed E-state index contributed by atoms with van der Waals surface area (Å²) in [6, 6.07) is 4.70. The molecule has 2 aromatic heterocycles. The van der Waals surface area contributed by atoms with Gasteiger partial charge in [-0.05, 0) is 18.1 Å². The molecule has 0 spiro atoms. The molecule has 7 heteroatoms. The fraction of sp³-hybridized carbons (Fsp3) is 0.462. The fourth-order valence-corrected chi connectivity index (χ4v) is 2.05. The first-order chi connectivity index (χ1) is 9.50. The predicted molar refractivity (Wildman–Crippen MR) is 73.7 cm³/mol. The van der Waals surface area contributed by atoms with Crippen molar-refractivity contribution in [2.24, 2.45) is 5.92 Å². The summed E-state index contributed by atoms with van der Waals surface area (Å²) in [4.78, 5) is 23.0. The first kappa shape index (κ1) is 14.3. The quantitative estimate of drug-likeness (QED) is 0.787. The maximum Gasteiger partial charge on any atom is 0.350 e. The molecule has 2 N–H and O–H groups in total. The molecule has 0 aliphatic heterocycles. The molecule has 0 bridgehead atoms. The van der Waals surface area contributed by atoms with E-state index in [0.29, 0.717) is 18.7 Å². The zero-order valence-corrected chi connectivity index (χ0v) is 11.5. The van der Waals surface area contributed by atoms with Crippen LogP contribution in [0.1, 0.15) is 13.8 Å². The first-order valence-electron chi connectivity index (χ1n) is 6.51. The molecule has 108 valence electrons. The SMILES string of the molecule is CC(C)C(NCCn1nc2ccccn2c1=O)C(=O)O. The third-order valence-electron chi connectivity index (χ3n) is 3.11. The first-order valence-corrected chi connectivity index (χ1v) is 6.51. The zero-order valence-electron chi connectivity index (χ0n) is 11.5. The van der Waals surface area contributed by atoms with Crippen molar-refractivity contribution in [2.75, 3.05) is 6.54 Å². The number of hydrogen-bond donors (Lipinski definition) is 2. The van der Waals surface area contributed by atoms with Crippen molar-refractivity contribution < 1.29 is 9.90 Å². The van der Waals surface area contributed by atoms with Crippen LogP contribution in [0.25, 0.3) is 5.65 Å². The number of rotatable bonds is 6. The summed E-state index contributed by atoms with van der Waals surface area (Å²) in [5.41, 5.74) is 0.356. The van der Waals surface area contributed by atoms with Crippen LogP contribution in [0.2, 0.25) is 0 Å². The van der Waals surface area contributed by atoms with E-state index in [9.17, 15) is 9.59 Å². The summed E-state index contributed by atoms with van der Waals surface area (Å²) in [7, 11) is 0. The Labute approximate surface area is 115 Å². The maximum absolute atomic E-state index is 12.0. The summed E-state index contributed by atoms with van der Waals surface area (Å²) < 4.78 is 2.79. The number of aromatic nitrogens is 3. The second-order valence-electron chi connectivity index (χ2n) is 4.95. The number of nitrogens with one attached hydrogen (secondary N) is 1. The number of pyridine rings is 1. The van der Waals surface area contributed by atoms with Gasteiger partial charge in [0.05, 0.1) is 6.54 Å². The van der Waals surface area contributed by atoms with Gasteiger partial charge >= 0.3 is 11.7 Å². The number of aliphatic carboxylic acids is 1. The normalized spacial score (nSPS) is 12.9. The fourth-order valence-electron chi connectivity index (χ4n) is 2.05. The van der Waals surface area contributed by atoms with E-state index >= 15 is 0 Å². The van der Waals surface area contributed by atoms with Crippen LogP contribution in [-0.2, 0) is 11.3 Å². The molecule has 0 aromatic carbocycles. The Bertz CT molecular complexity index is 659. The van der Waals surface area contributed by atoms with Crippen LogP contribution in [0.4, 0.5) is 0 Å². The summed E-state index contributed by atoms with van der Waals surface area (Å²) >= 11 is 0. The summed E-state index contributed by atoms with van der Waals surface area (Å²) in [5.74, 6) is -0.910. The molecule has 0 fully saturated rings. The van der Waals surface area contributed by atoms with Gasteiger partial charge in [-0.3, -0.25) is 9.20 Å². The zero-order chi connectivity index (χ0) is 14.7. The van der Waals surface area contributed by atoms with Gasteiger partial charge in [0, 0.05) is 12.7 Å². The summed E-state index contributed by atoms with van der Waals surface area (Å²) in [6.45, 7) is 4.38. The second-order valence-corrected chi connectivity index (χ2v) is 4.95. The van der Waals surface area contributed by atoms with Crippen LogP contribution < -0.4 is 11.0 Å². The Balaban J connectivity index is 2.05. The lowest BCUT2D eigenvalue weighted by molar-refractivity contribution is -0.140. The molecule has 0 saturated carbocycles. The Morgan fingerprint density at radius 1 is 1.45 bits per heavy atom. The molecular weight excluding hydrogens is 260 g/mol. The Kier molecular flexibility index (Phi) is 4.19. The van der Waals surface area contributed by atoms with Crippen LogP contribution in [0.3, 0.4) is 0 Å². The minimum atomic E-state index is -0.887. The third-order valence-corrected chi connectivity index (χ3v) is 3.11. The Morgan fingerprint density at radius 3 is 2.80 bits per heavy atom. The molecule has 20 heavy (non-hydrogen) atoms. The van der Waals surface area contributed by atoms with Crippen molar-refractivity contribution in [3.63, 3.8) is 0 Å². The molecule has 0 saturated heterocycles. The molecule has 0 amide bonds. The number of carbonyl (C=O) groups is 1. The lowest BCUT2D eigenvalue weighted by Gasteiger charge is -2.17. The number of carboxylic acid groups (broad SMARTS) is 1. The van der Waals surface area contributed by atoms with E-state index in [1.807, 2.05) is 19.9 Å². The molecule has 1 unspecified atom stereocenters. The van der Waals surface area contributed by atoms with E-state index in [-0.39, 0.29) is 11.6 Å². The van der Waals surface area contributed by atoms with E-state index in [1.165, 1.54) is 9.08 Å². The lowest BCUT2D eigenvalue weighted by Crippen LogP contribution is -2.43. The van der Waals surface area contributed by atoms with E-state index in [4.69, 9.17) is 5.11 Å². The molecule has 2 heterocycles. The molecule has 0 aliphatic rings. The van der Waals surface area contributed by atoms with E-state index in [2.05, 4.69) is 10.4 Å². The average molecular weight is 278 g/mol. The smallest absolute Gasteiger partial charge is 0.350 e. The van der Waals surface area contributed by atoms with E-state index in [1.54, 1.807) is 18.3 Å². The van der Waals surface area contributed by atoms with Gasteiger partial charge in [0.25, 0.3) is 0 Å². The number of carboxylic acids is 1. The van der Waals surface area contributed by atoms with Gasteiger partial charge in [-0.25, -0.2) is 9.48 Å². The van der Waals surface area contributed by atoms with Gasteiger partial charge in [0.2, 0.25) is 0 Å². The van der Waals surface area contributed by atoms with E-state index < -0.39 is 12.0 Å². The Hall–Kier alpha value is -2.15. The van der Waals surface area contributed by atoms with Crippen LogP contribution >= 0.6 is 0 Å². The minimum absolute atomic E-state index is 0.0229. The highest BCUT2D eigenvalue weighted by Crippen LogP contribution is 2.01. The van der Waals surface area contributed by atoms with Crippen molar-refractivity contribution in [3.05, 3.63) is 34.9 Å². The van der Waals surface area contributed by atoms with Gasteiger partial charge in [-0.15, -0.1) is 5.10 Å². The monoisotopic (exact) mass is 278 g/mol. The molecule has 0 radical (unpaired) electrons. The van der Waals surface area contributed by atoms with Crippen LogP contribution in [-0.4, -0.2) is 37.8 Å². The maximum atomic E-state index is 12.0. The van der Waals surface area contributed by atoms with Crippen molar-refractivity contribution in [1.29, 1.82) is 0 Å². The van der Waals surface area contributed by atoms with Gasteiger partial charge in [-0.2, -0.15) is 0 Å². The summed E-state index contributed by atoms with van der Waals surface area (Å²) in [6.07, 6.45) is 1.66. The Morgan fingerprint density at radius 2 is 2.20 bits per heavy atom. The highest BCUT2D eigenvalue weighted by atomic mass is 16.4. The van der Waals surface area contributed by atoms with Crippen LogP contribution in [0.15, 0.2) is 29.2 Å². The van der Waals surface area contributed by atoms with Crippen molar-refractivity contribution >= 4 is 11.6 Å². The number of nitrogens with zero attached hydrogens (tertiary/aromatic N) is 3. The van der Waals surface area contributed by atoms with Gasteiger partial charge < -0.3 is 10.4 Å². The molecule has 2 rings (SSSR count). The molecule has 7 nitrogen and oxygen atoms in total. The van der Waals surface area contributed by atoms with Crippen LogP contribution in [0.5, 0.6) is 0 Å². The molecular formula is C13H18N4O3. The standard InChI is InChI=1S/C13H18N4O3/c1-9(2)11(12(18)19)14-6-8-17-13(20)16-7-4-3-5-10(16)15-17/h3-5,7,9,11,14H,6,8H2,1-2H3,(H,18,19). The van der Waals surface area contributed by atoms with Gasteiger partial charge in [-0.1, -0.05) is 19.9 Å². The molecule has 1 atom stereocenters. The molecule has 0 aliphatic carbocycles. The minimum Gasteiger partial charge on any atom is -0.480 e. The molecule has 2 aromatic rings. The third kappa shape index (κ3) is 2.88. The second kappa shape index (κ2) is 5.87. The van der Waals surface area contributed by atoms with Crippen LogP contribution in [0, 0.1) is 5.92 Å². The van der Waals surface area contributed by atoms with Crippen molar-refractivity contribution in [1.82, 2.24) is 19.5 Å². The largest absolute Gasteiger partial charge is 0.480 e.